The molecule has 0 N–H and O–H groups in total. The van der Waals surface area contributed by atoms with Crippen LogP contribution in [-0.2, 0) is 11.2 Å². The Kier molecular flexibility index (Phi) is 5.48. The molecule has 3 heterocycles. The number of thioether (sulfide) groups is 1. The molecule has 1 saturated heterocycles. The molecule has 144 valence electrons. The third kappa shape index (κ3) is 4.18. The van der Waals surface area contributed by atoms with E-state index in [1.54, 1.807) is 11.8 Å². The third-order valence-corrected chi connectivity index (χ3v) is 6.44. The average Bonchev–Trinajstić information content (AvgIpc) is 3.26. The van der Waals surface area contributed by atoms with Crippen LogP contribution in [0, 0.1) is 17.6 Å². The zero-order valence-electron chi connectivity index (χ0n) is 15.2. The van der Waals surface area contributed by atoms with E-state index in [2.05, 4.69) is 9.89 Å². The summed E-state index contributed by atoms with van der Waals surface area (Å²) in [4.78, 5) is 21.3. The molecule has 1 aromatic rings. The molecule has 4 nitrogen and oxygen atoms in total. The maximum absolute atomic E-state index is 13.8. The topological polar surface area (TPSA) is 35.9 Å². The molecule has 27 heavy (non-hydrogen) atoms. The van der Waals surface area contributed by atoms with Gasteiger partial charge in [-0.3, -0.25) is 9.79 Å². The number of aryl methyl sites for hydroxylation is 1. The van der Waals surface area contributed by atoms with Gasteiger partial charge in [0, 0.05) is 31.4 Å². The number of benzene rings is 1. The minimum Gasteiger partial charge on any atom is -0.342 e. The number of nitrogens with zero attached hydrogens (tertiary/aromatic N) is 3. The van der Waals surface area contributed by atoms with Crippen molar-refractivity contribution >= 4 is 22.8 Å². The van der Waals surface area contributed by atoms with E-state index in [1.807, 2.05) is 10.3 Å². The summed E-state index contributed by atoms with van der Waals surface area (Å²) in [5.74, 6) is -0.501. The standard InChI is InChI=1S/C20H23F2N3OS/c21-16-6-5-15(18(22)10-16)4-3-14-2-1-8-24(12-14)19(26)11-17-13-27-20-23-7-9-25(17)20/h5-6,10,13-14H,1-4,7-9,11-12H2. The lowest BCUT2D eigenvalue weighted by molar-refractivity contribution is -0.132. The molecule has 0 bridgehead atoms. The van der Waals surface area contributed by atoms with Crippen LogP contribution in [0.3, 0.4) is 0 Å². The number of amidine groups is 1. The Balaban J connectivity index is 1.30. The highest BCUT2D eigenvalue weighted by Gasteiger charge is 2.30. The SMILES string of the molecule is O=C(CC1=CSC2=NCCN12)N1CCCC(CCc2ccc(F)cc2F)C1. The van der Waals surface area contributed by atoms with Crippen molar-refractivity contribution < 1.29 is 13.6 Å². The first-order chi connectivity index (χ1) is 13.1. The van der Waals surface area contributed by atoms with Gasteiger partial charge in [-0.1, -0.05) is 17.8 Å². The Morgan fingerprint density at radius 3 is 3.04 bits per heavy atom. The number of hydrogen-bond donors (Lipinski definition) is 0. The first-order valence-corrected chi connectivity index (χ1v) is 10.4. The Hall–Kier alpha value is -1.89. The van der Waals surface area contributed by atoms with Crippen molar-refractivity contribution in [1.82, 2.24) is 9.80 Å². The minimum absolute atomic E-state index is 0.160. The van der Waals surface area contributed by atoms with Crippen molar-refractivity contribution in [1.29, 1.82) is 0 Å². The number of carbonyl (C=O) groups is 1. The first-order valence-electron chi connectivity index (χ1n) is 9.49. The van der Waals surface area contributed by atoms with Crippen LogP contribution in [0.1, 0.15) is 31.2 Å². The van der Waals surface area contributed by atoms with E-state index < -0.39 is 11.6 Å². The van der Waals surface area contributed by atoms with E-state index >= 15 is 0 Å². The molecule has 1 amide bonds. The summed E-state index contributed by atoms with van der Waals surface area (Å²) in [6.07, 6.45) is 3.84. The summed E-state index contributed by atoms with van der Waals surface area (Å²) in [6.45, 7) is 3.19. The van der Waals surface area contributed by atoms with Crippen LogP contribution in [0.4, 0.5) is 8.78 Å². The second-order valence-corrected chi connectivity index (χ2v) is 8.18. The predicted molar refractivity (Wildman–Crippen MR) is 103 cm³/mol. The molecule has 1 atom stereocenters. The van der Waals surface area contributed by atoms with Crippen molar-refractivity contribution in [2.24, 2.45) is 10.9 Å². The van der Waals surface area contributed by atoms with Crippen molar-refractivity contribution in [2.75, 3.05) is 26.2 Å². The number of aliphatic imine (C=N–C) groups is 1. The van der Waals surface area contributed by atoms with Crippen LogP contribution >= 0.6 is 11.8 Å². The molecular formula is C20H23F2N3OS. The number of halogens is 2. The van der Waals surface area contributed by atoms with Crippen molar-refractivity contribution in [3.8, 4) is 0 Å². The molecular weight excluding hydrogens is 368 g/mol. The molecule has 1 unspecified atom stereocenters. The molecule has 0 spiro atoms. The number of fused-ring (bicyclic) bond motifs is 1. The lowest BCUT2D eigenvalue weighted by atomic mass is 9.91. The normalized spacial score (nSPS) is 21.9. The molecule has 3 aliphatic heterocycles. The fourth-order valence-electron chi connectivity index (χ4n) is 3.99. The van der Waals surface area contributed by atoms with E-state index in [1.165, 1.54) is 12.1 Å². The number of hydrogen-bond acceptors (Lipinski definition) is 4. The fourth-order valence-corrected chi connectivity index (χ4v) is 4.95. The zero-order valence-corrected chi connectivity index (χ0v) is 16.0. The van der Waals surface area contributed by atoms with Crippen molar-refractivity contribution in [2.45, 2.75) is 32.1 Å². The quantitative estimate of drug-likeness (QED) is 0.766. The van der Waals surface area contributed by atoms with E-state index in [4.69, 9.17) is 0 Å². The molecule has 7 heteroatoms. The van der Waals surface area contributed by atoms with Crippen LogP contribution < -0.4 is 0 Å². The van der Waals surface area contributed by atoms with Crippen LogP contribution in [0.5, 0.6) is 0 Å². The predicted octanol–water partition coefficient (Wildman–Crippen LogP) is 3.79. The third-order valence-electron chi connectivity index (χ3n) is 5.49. The number of piperidine rings is 1. The first kappa shape index (κ1) is 18.5. The van der Waals surface area contributed by atoms with Gasteiger partial charge >= 0.3 is 0 Å². The lowest BCUT2D eigenvalue weighted by Gasteiger charge is -2.33. The van der Waals surface area contributed by atoms with Crippen LogP contribution in [0.2, 0.25) is 0 Å². The molecule has 4 rings (SSSR count). The van der Waals surface area contributed by atoms with Gasteiger partial charge < -0.3 is 9.80 Å². The molecule has 0 saturated carbocycles. The molecule has 3 aliphatic rings. The van der Waals surface area contributed by atoms with Crippen LogP contribution in [-0.4, -0.2) is 47.1 Å². The van der Waals surface area contributed by atoms with Crippen LogP contribution in [0.15, 0.2) is 34.3 Å². The summed E-state index contributed by atoms with van der Waals surface area (Å²) in [5, 5.41) is 3.05. The van der Waals surface area contributed by atoms with Gasteiger partial charge in [-0.2, -0.15) is 0 Å². The minimum atomic E-state index is -0.545. The van der Waals surface area contributed by atoms with Gasteiger partial charge in [0.1, 0.15) is 11.6 Å². The Morgan fingerprint density at radius 2 is 2.19 bits per heavy atom. The van der Waals surface area contributed by atoms with E-state index in [9.17, 15) is 13.6 Å². The highest BCUT2D eigenvalue weighted by molar-refractivity contribution is 8.16. The van der Waals surface area contributed by atoms with E-state index in [-0.39, 0.29) is 5.91 Å². The highest BCUT2D eigenvalue weighted by Crippen LogP contribution is 2.32. The number of likely N-dealkylation sites (tertiary alicyclic amines) is 1. The number of rotatable bonds is 5. The van der Waals surface area contributed by atoms with E-state index in [0.717, 1.165) is 62.4 Å². The Bertz CT molecular complexity index is 795. The summed E-state index contributed by atoms with van der Waals surface area (Å²) < 4.78 is 26.8. The summed E-state index contributed by atoms with van der Waals surface area (Å²) >= 11 is 1.60. The second-order valence-electron chi connectivity index (χ2n) is 7.34. The number of amides is 1. The summed E-state index contributed by atoms with van der Waals surface area (Å²) in [7, 11) is 0. The van der Waals surface area contributed by atoms with Gasteiger partial charge in [-0.15, -0.1) is 0 Å². The second kappa shape index (κ2) is 8.00. The molecule has 0 radical (unpaired) electrons. The smallest absolute Gasteiger partial charge is 0.228 e. The van der Waals surface area contributed by atoms with E-state index in [0.29, 0.717) is 24.3 Å². The maximum Gasteiger partial charge on any atom is 0.228 e. The molecule has 1 fully saturated rings. The Morgan fingerprint density at radius 1 is 1.30 bits per heavy atom. The van der Waals surface area contributed by atoms with Gasteiger partial charge in [-0.05, 0) is 48.6 Å². The van der Waals surface area contributed by atoms with Gasteiger partial charge in [-0.25, -0.2) is 8.78 Å². The monoisotopic (exact) mass is 391 g/mol. The Labute approximate surface area is 162 Å². The largest absolute Gasteiger partial charge is 0.342 e. The zero-order chi connectivity index (χ0) is 18.8. The maximum atomic E-state index is 13.8. The molecule has 0 aliphatic carbocycles. The van der Waals surface area contributed by atoms with Crippen molar-refractivity contribution in [3.05, 3.63) is 46.5 Å². The van der Waals surface area contributed by atoms with Gasteiger partial charge in [0.15, 0.2) is 5.17 Å². The van der Waals surface area contributed by atoms with Gasteiger partial charge in [0.2, 0.25) is 5.91 Å². The highest BCUT2D eigenvalue weighted by atomic mass is 32.2. The average molecular weight is 391 g/mol. The fraction of sp³-hybridized carbons (Fsp3) is 0.500. The van der Waals surface area contributed by atoms with Crippen molar-refractivity contribution in [3.63, 3.8) is 0 Å². The molecule has 1 aromatic carbocycles. The van der Waals surface area contributed by atoms with Gasteiger partial charge in [0.05, 0.1) is 13.0 Å². The lowest BCUT2D eigenvalue weighted by Crippen LogP contribution is -2.40. The number of carbonyl (C=O) groups excluding carboxylic acids is 1. The van der Waals surface area contributed by atoms with Gasteiger partial charge in [0.25, 0.3) is 0 Å². The molecule has 0 aromatic heterocycles. The summed E-state index contributed by atoms with van der Waals surface area (Å²) in [6, 6.07) is 3.77. The van der Waals surface area contributed by atoms with Crippen LogP contribution in [0.25, 0.3) is 0 Å². The summed E-state index contributed by atoms with van der Waals surface area (Å²) in [5.41, 5.74) is 1.60.